The van der Waals surface area contributed by atoms with Crippen LogP contribution in [0.2, 0.25) is 0 Å². The van der Waals surface area contributed by atoms with E-state index < -0.39 is 78.2 Å². The zero-order valence-corrected chi connectivity index (χ0v) is 28.7. The van der Waals surface area contributed by atoms with E-state index in [1.54, 1.807) is 12.1 Å². The highest BCUT2D eigenvalue weighted by Crippen LogP contribution is 2.51. The van der Waals surface area contributed by atoms with Crippen LogP contribution in [0.4, 0.5) is 26.3 Å². The molecule has 4 aromatic carbocycles. The molecule has 0 bridgehead atoms. The minimum absolute atomic E-state index is 0.0168. The quantitative estimate of drug-likeness (QED) is 0.182. The molecule has 4 aromatic rings. The third kappa shape index (κ3) is 7.46. The second-order valence-corrected chi connectivity index (χ2v) is 16.0. The van der Waals surface area contributed by atoms with Crippen LogP contribution in [0.5, 0.6) is 23.0 Å². The van der Waals surface area contributed by atoms with Gasteiger partial charge in [-0.2, -0.15) is 19.3 Å². The normalized spacial score (nSPS) is 16.8. The molecule has 2 aliphatic carbocycles. The predicted molar refractivity (Wildman–Crippen MR) is 172 cm³/mol. The van der Waals surface area contributed by atoms with E-state index in [1.807, 2.05) is 0 Å². The molecule has 0 N–H and O–H groups in total. The predicted octanol–water partition coefficient (Wildman–Crippen LogP) is 7.46. The summed E-state index contributed by atoms with van der Waals surface area (Å²) in [6.07, 6.45) is 0.0552. The molecule has 1 atom stereocenters. The Bertz CT molecular complexity index is 2470. The highest BCUT2D eigenvalue weighted by Gasteiger charge is 2.51. The number of carbonyl (C=O) groups is 1. The van der Waals surface area contributed by atoms with E-state index in [1.165, 1.54) is 31.2 Å². The molecule has 0 amide bonds. The number of halogens is 6. The Morgan fingerprint density at radius 3 is 1.63 bits per heavy atom. The number of rotatable bonds is 6. The molecule has 0 aromatic heterocycles. The van der Waals surface area contributed by atoms with E-state index in [-0.39, 0.29) is 55.7 Å². The highest BCUT2D eigenvalue weighted by molar-refractivity contribution is 7.91. The van der Waals surface area contributed by atoms with E-state index in [0.29, 0.717) is 0 Å². The van der Waals surface area contributed by atoms with Gasteiger partial charge >= 0.3 is 5.92 Å². The van der Waals surface area contributed by atoms with Crippen LogP contribution in [0.1, 0.15) is 51.0 Å². The van der Waals surface area contributed by atoms with Crippen molar-refractivity contribution in [3.63, 3.8) is 0 Å². The van der Waals surface area contributed by atoms with Gasteiger partial charge in [0, 0.05) is 60.1 Å². The standard InChI is InChI=1S/C18H14F3NO3S.C17H10F3NO4S/c1-10-17-14(8-18(10,20)21)15(3-4-16(17)26(2,23)24)25-13-6-11(9-22)5-12(19)7-13;1-26(23,24)14-3-2-13(12-7-17(19,20)16(22)15(12)14)25-11-5-9(8-21)4-10(18)6-11/h3-7,10H,8H2,1-2H3;2-6H,7H2,1H3/t10-;/m0./s1. The van der Waals surface area contributed by atoms with Crippen LogP contribution < -0.4 is 9.47 Å². The first-order valence-corrected chi connectivity index (χ1v) is 18.6. The Balaban J connectivity index is 0.000000201. The first-order valence-electron chi connectivity index (χ1n) is 14.8. The number of nitriles is 2. The topological polar surface area (TPSA) is 151 Å². The lowest BCUT2D eigenvalue weighted by Gasteiger charge is -2.16. The number of alkyl halides is 4. The van der Waals surface area contributed by atoms with Gasteiger partial charge in [-0.3, -0.25) is 4.79 Å². The summed E-state index contributed by atoms with van der Waals surface area (Å²) in [5.74, 6) is -11.6. The van der Waals surface area contributed by atoms with Crippen molar-refractivity contribution in [2.75, 3.05) is 12.5 Å². The molecule has 0 fully saturated rings. The van der Waals surface area contributed by atoms with Gasteiger partial charge < -0.3 is 9.47 Å². The van der Waals surface area contributed by atoms with Crippen LogP contribution in [-0.4, -0.2) is 47.0 Å². The highest BCUT2D eigenvalue weighted by atomic mass is 32.2. The third-order valence-electron chi connectivity index (χ3n) is 8.20. The number of ketones is 1. The molecule has 9 nitrogen and oxygen atoms in total. The fourth-order valence-corrected chi connectivity index (χ4v) is 7.76. The molecule has 0 unspecified atom stereocenters. The Labute approximate surface area is 293 Å². The maximum absolute atomic E-state index is 14.2. The number of sulfone groups is 2. The summed E-state index contributed by atoms with van der Waals surface area (Å²) >= 11 is 0. The van der Waals surface area contributed by atoms with Gasteiger partial charge in [-0.25, -0.2) is 34.4 Å². The molecule has 52 heavy (non-hydrogen) atoms. The van der Waals surface area contributed by atoms with Gasteiger partial charge in [0.2, 0.25) is 5.78 Å². The number of fused-ring (bicyclic) bond motifs is 2. The van der Waals surface area contributed by atoms with Crippen LogP contribution >= 0.6 is 0 Å². The maximum Gasteiger partial charge on any atom is 0.313 e. The number of Topliss-reactive ketones (excluding diaryl/α,β-unsaturated/α-hetero) is 1. The third-order valence-corrected chi connectivity index (χ3v) is 10.5. The number of hydrogen-bond donors (Lipinski definition) is 0. The van der Waals surface area contributed by atoms with Crippen molar-refractivity contribution in [1.82, 2.24) is 0 Å². The van der Waals surface area contributed by atoms with E-state index in [9.17, 15) is 48.0 Å². The van der Waals surface area contributed by atoms with E-state index in [2.05, 4.69) is 0 Å². The molecular formula is C35H24F6N2O7S2. The number of benzene rings is 4. The number of carbonyl (C=O) groups excluding carboxylic acids is 1. The first kappa shape index (κ1) is 37.9. The molecular weight excluding hydrogens is 739 g/mol. The molecule has 6 rings (SSSR count). The van der Waals surface area contributed by atoms with Crippen molar-refractivity contribution < 1.29 is 57.4 Å². The summed E-state index contributed by atoms with van der Waals surface area (Å²) < 4.78 is 142. The van der Waals surface area contributed by atoms with Gasteiger partial charge in [0.05, 0.1) is 33.1 Å². The SMILES string of the molecule is CS(=O)(=O)c1ccc(Oc2cc(F)cc(C#N)c2)c2c1C(=O)C(F)(F)C2.C[C@H]1c2c(S(C)(=O)=O)ccc(Oc3cc(F)cc(C#N)c3)c2CC1(F)F. The Morgan fingerprint density at radius 1 is 0.712 bits per heavy atom. The molecule has 0 heterocycles. The molecule has 0 saturated heterocycles. The summed E-state index contributed by atoms with van der Waals surface area (Å²) in [6, 6.07) is 14.5. The maximum atomic E-state index is 14.2. The number of hydrogen-bond acceptors (Lipinski definition) is 9. The van der Waals surface area contributed by atoms with Crippen molar-refractivity contribution in [2.24, 2.45) is 0 Å². The molecule has 0 aliphatic heterocycles. The van der Waals surface area contributed by atoms with Crippen molar-refractivity contribution in [3.05, 3.63) is 106 Å². The lowest BCUT2D eigenvalue weighted by atomic mass is 10.0. The van der Waals surface area contributed by atoms with E-state index >= 15 is 0 Å². The van der Waals surface area contributed by atoms with Gasteiger partial charge in [-0.15, -0.1) is 0 Å². The van der Waals surface area contributed by atoms with Crippen LogP contribution in [0, 0.1) is 34.3 Å². The van der Waals surface area contributed by atoms with Crippen molar-refractivity contribution in [3.8, 4) is 35.1 Å². The summed E-state index contributed by atoms with van der Waals surface area (Å²) in [4.78, 5) is 11.3. The van der Waals surface area contributed by atoms with E-state index in [4.69, 9.17) is 20.0 Å². The Kier molecular flexibility index (Phi) is 9.68. The van der Waals surface area contributed by atoms with Crippen LogP contribution in [0.15, 0.2) is 70.5 Å². The molecule has 2 aliphatic rings. The zero-order chi connectivity index (χ0) is 38.6. The molecule has 270 valence electrons. The van der Waals surface area contributed by atoms with E-state index in [0.717, 1.165) is 48.9 Å². The summed E-state index contributed by atoms with van der Waals surface area (Å²) in [5, 5.41) is 17.8. The minimum Gasteiger partial charge on any atom is -0.457 e. The zero-order valence-electron chi connectivity index (χ0n) is 27.1. The number of ether oxygens (including phenoxy) is 2. The average Bonchev–Trinajstić information content (AvgIpc) is 3.43. The van der Waals surface area contributed by atoms with Crippen molar-refractivity contribution in [2.45, 2.75) is 47.3 Å². The monoisotopic (exact) mass is 762 g/mol. The Morgan fingerprint density at radius 2 is 1.17 bits per heavy atom. The average molecular weight is 763 g/mol. The van der Waals surface area contributed by atoms with Crippen LogP contribution in [-0.2, 0) is 32.5 Å². The molecule has 17 heteroatoms. The number of nitrogens with zero attached hydrogens (tertiary/aromatic N) is 2. The van der Waals surface area contributed by atoms with Gasteiger partial charge in [-0.05, 0) is 54.1 Å². The summed E-state index contributed by atoms with van der Waals surface area (Å²) in [7, 11) is -7.64. The minimum atomic E-state index is -3.93. The fourth-order valence-electron chi connectivity index (χ4n) is 5.85. The second kappa shape index (κ2) is 13.3. The summed E-state index contributed by atoms with van der Waals surface area (Å²) in [5.41, 5.74) is -0.827. The van der Waals surface area contributed by atoms with Crippen LogP contribution in [0.3, 0.4) is 0 Å². The second-order valence-electron chi connectivity index (χ2n) is 12.1. The van der Waals surface area contributed by atoms with Gasteiger partial charge in [-0.1, -0.05) is 6.92 Å². The molecule has 0 saturated carbocycles. The largest absolute Gasteiger partial charge is 0.457 e. The van der Waals surface area contributed by atoms with Crippen molar-refractivity contribution in [1.29, 1.82) is 10.5 Å². The molecule has 0 spiro atoms. The molecule has 0 radical (unpaired) electrons. The lowest BCUT2D eigenvalue weighted by molar-refractivity contribution is -0.0104. The smallest absolute Gasteiger partial charge is 0.313 e. The van der Waals surface area contributed by atoms with Gasteiger partial charge in [0.1, 0.15) is 34.6 Å². The lowest BCUT2D eigenvalue weighted by Crippen LogP contribution is -2.24. The van der Waals surface area contributed by atoms with Crippen molar-refractivity contribution >= 4 is 25.5 Å². The Hall–Kier alpha value is -5.39. The van der Waals surface area contributed by atoms with Gasteiger partial charge in [0.25, 0.3) is 5.92 Å². The first-order chi connectivity index (χ1) is 24.1. The van der Waals surface area contributed by atoms with Gasteiger partial charge in [0.15, 0.2) is 19.7 Å². The fraction of sp³-hybridized carbons (Fsp3) is 0.229. The summed E-state index contributed by atoms with van der Waals surface area (Å²) in [6.45, 7) is 1.26. The van der Waals surface area contributed by atoms with Crippen LogP contribution in [0.25, 0.3) is 0 Å².